The van der Waals surface area contributed by atoms with Gasteiger partial charge in [-0.05, 0) is 37.3 Å². The molecule has 2 amide bonds. The SMILES string of the molecule is O=C(CN1CCCC1=O)N1CCC2(CC1)NCCc1c2[nH]c2ccccc12. The van der Waals surface area contributed by atoms with Crippen LogP contribution < -0.4 is 5.32 Å². The van der Waals surface area contributed by atoms with Gasteiger partial charge in [0.1, 0.15) is 0 Å². The Hall–Kier alpha value is -2.34. The smallest absolute Gasteiger partial charge is 0.242 e. The number of amides is 2. The maximum absolute atomic E-state index is 12.7. The van der Waals surface area contributed by atoms with E-state index < -0.39 is 0 Å². The van der Waals surface area contributed by atoms with E-state index in [0.717, 1.165) is 51.9 Å². The molecule has 5 rings (SSSR count). The number of rotatable bonds is 2. The molecule has 1 aromatic heterocycles. The van der Waals surface area contributed by atoms with Crippen LogP contribution in [0.3, 0.4) is 0 Å². The molecule has 0 aliphatic carbocycles. The van der Waals surface area contributed by atoms with Crippen LogP contribution in [0.15, 0.2) is 24.3 Å². The predicted molar refractivity (Wildman–Crippen MR) is 103 cm³/mol. The van der Waals surface area contributed by atoms with Gasteiger partial charge in [0, 0.05) is 49.2 Å². The quantitative estimate of drug-likeness (QED) is 0.851. The number of piperidine rings is 1. The van der Waals surface area contributed by atoms with Crippen LogP contribution in [-0.2, 0) is 21.5 Å². The van der Waals surface area contributed by atoms with Crippen LogP contribution in [0.5, 0.6) is 0 Å². The van der Waals surface area contributed by atoms with Crippen LogP contribution in [0.25, 0.3) is 10.9 Å². The summed E-state index contributed by atoms with van der Waals surface area (Å²) in [5, 5.41) is 5.09. The van der Waals surface area contributed by atoms with Crippen LogP contribution >= 0.6 is 0 Å². The molecule has 1 spiro atoms. The molecule has 0 bridgehead atoms. The Morgan fingerprint density at radius 1 is 1.11 bits per heavy atom. The number of nitrogens with zero attached hydrogens (tertiary/aromatic N) is 2. The number of hydrogen-bond donors (Lipinski definition) is 2. The van der Waals surface area contributed by atoms with Crippen LogP contribution in [0.4, 0.5) is 0 Å². The second kappa shape index (κ2) is 6.37. The zero-order chi connectivity index (χ0) is 18.4. The van der Waals surface area contributed by atoms with Gasteiger partial charge in [-0.1, -0.05) is 18.2 Å². The molecule has 4 heterocycles. The molecule has 2 N–H and O–H groups in total. The van der Waals surface area contributed by atoms with Crippen molar-refractivity contribution in [2.24, 2.45) is 0 Å². The Labute approximate surface area is 158 Å². The number of carbonyl (C=O) groups excluding carboxylic acids is 2. The monoisotopic (exact) mass is 366 g/mol. The Morgan fingerprint density at radius 3 is 2.70 bits per heavy atom. The fourth-order valence-electron chi connectivity index (χ4n) is 5.08. The Bertz CT molecular complexity index is 895. The number of nitrogens with one attached hydrogen (secondary N) is 2. The summed E-state index contributed by atoms with van der Waals surface area (Å²) in [6, 6.07) is 8.53. The van der Waals surface area contributed by atoms with E-state index in [0.29, 0.717) is 6.42 Å². The summed E-state index contributed by atoms with van der Waals surface area (Å²) in [4.78, 5) is 31.8. The number of H-pyrrole nitrogens is 1. The Kier molecular flexibility index (Phi) is 3.97. The summed E-state index contributed by atoms with van der Waals surface area (Å²) in [5.41, 5.74) is 3.90. The molecule has 3 aliphatic rings. The fraction of sp³-hybridized carbons (Fsp3) is 0.524. The summed E-state index contributed by atoms with van der Waals surface area (Å²) < 4.78 is 0. The molecule has 0 saturated carbocycles. The number of aromatic nitrogens is 1. The van der Waals surface area contributed by atoms with Gasteiger partial charge in [0.25, 0.3) is 0 Å². The molecule has 2 aromatic rings. The highest BCUT2D eigenvalue weighted by Crippen LogP contribution is 2.40. The van der Waals surface area contributed by atoms with E-state index in [4.69, 9.17) is 0 Å². The second-order valence-electron chi connectivity index (χ2n) is 8.08. The van der Waals surface area contributed by atoms with Crippen LogP contribution in [0.2, 0.25) is 0 Å². The number of likely N-dealkylation sites (tertiary alicyclic amines) is 2. The van der Waals surface area contributed by atoms with Gasteiger partial charge < -0.3 is 20.1 Å². The van der Waals surface area contributed by atoms with E-state index in [2.05, 4.69) is 34.6 Å². The van der Waals surface area contributed by atoms with Crippen LogP contribution in [0, 0.1) is 0 Å². The summed E-state index contributed by atoms with van der Waals surface area (Å²) in [6.07, 6.45) is 4.33. The third kappa shape index (κ3) is 2.74. The first-order valence-corrected chi connectivity index (χ1v) is 10.1. The van der Waals surface area contributed by atoms with Crippen molar-refractivity contribution in [3.05, 3.63) is 35.5 Å². The number of hydrogen-bond acceptors (Lipinski definition) is 3. The average Bonchev–Trinajstić information content (AvgIpc) is 3.27. The lowest BCUT2D eigenvalue weighted by atomic mass is 9.79. The molecule has 2 saturated heterocycles. The maximum Gasteiger partial charge on any atom is 0.242 e. The minimum Gasteiger partial charge on any atom is -0.357 e. The van der Waals surface area contributed by atoms with Crippen LogP contribution in [0.1, 0.15) is 36.9 Å². The molecular formula is C21H26N4O2. The molecule has 3 aliphatic heterocycles. The minimum absolute atomic E-state index is 0.0627. The first kappa shape index (κ1) is 16.8. The Balaban J connectivity index is 1.33. The van der Waals surface area contributed by atoms with Gasteiger partial charge in [-0.3, -0.25) is 9.59 Å². The molecule has 6 nitrogen and oxygen atoms in total. The van der Waals surface area contributed by atoms with E-state index in [-0.39, 0.29) is 23.9 Å². The minimum atomic E-state index is -0.0627. The first-order chi connectivity index (χ1) is 13.2. The molecule has 0 unspecified atom stereocenters. The van der Waals surface area contributed by atoms with Gasteiger partial charge in [-0.2, -0.15) is 0 Å². The molecule has 0 radical (unpaired) electrons. The molecular weight excluding hydrogens is 340 g/mol. The van der Waals surface area contributed by atoms with E-state index in [1.807, 2.05) is 4.90 Å². The zero-order valence-corrected chi connectivity index (χ0v) is 15.6. The van der Waals surface area contributed by atoms with Crippen molar-refractivity contribution in [1.82, 2.24) is 20.1 Å². The lowest BCUT2D eigenvalue weighted by Gasteiger charge is -2.45. The third-order valence-electron chi connectivity index (χ3n) is 6.60. The number of benzene rings is 1. The molecule has 2 fully saturated rings. The first-order valence-electron chi connectivity index (χ1n) is 10.1. The van der Waals surface area contributed by atoms with Crippen LogP contribution in [-0.4, -0.2) is 59.3 Å². The van der Waals surface area contributed by atoms with Gasteiger partial charge >= 0.3 is 0 Å². The lowest BCUT2D eigenvalue weighted by Crippen LogP contribution is -2.56. The van der Waals surface area contributed by atoms with Gasteiger partial charge in [0.05, 0.1) is 12.1 Å². The highest BCUT2D eigenvalue weighted by molar-refractivity contribution is 5.86. The van der Waals surface area contributed by atoms with Crippen molar-refractivity contribution in [2.75, 3.05) is 32.7 Å². The van der Waals surface area contributed by atoms with E-state index in [1.165, 1.54) is 22.2 Å². The summed E-state index contributed by atoms with van der Waals surface area (Å²) in [6.45, 7) is 3.43. The number of fused-ring (bicyclic) bond motifs is 4. The number of carbonyl (C=O) groups is 2. The zero-order valence-electron chi connectivity index (χ0n) is 15.6. The third-order valence-corrected chi connectivity index (χ3v) is 6.60. The van der Waals surface area contributed by atoms with Crippen molar-refractivity contribution in [2.45, 2.75) is 37.6 Å². The molecule has 27 heavy (non-hydrogen) atoms. The highest BCUT2D eigenvalue weighted by Gasteiger charge is 2.42. The van der Waals surface area contributed by atoms with Crippen molar-refractivity contribution >= 4 is 22.7 Å². The maximum atomic E-state index is 12.7. The highest BCUT2D eigenvalue weighted by atomic mass is 16.2. The summed E-state index contributed by atoms with van der Waals surface area (Å²) in [7, 11) is 0. The fourth-order valence-corrected chi connectivity index (χ4v) is 5.08. The Morgan fingerprint density at radius 2 is 1.93 bits per heavy atom. The standard InChI is InChI=1S/C21H26N4O2/c26-18-6-3-11-25(18)14-19(27)24-12-8-21(9-13-24)20-16(7-10-22-21)15-4-1-2-5-17(15)23-20/h1-2,4-5,22-23H,3,6-14H2. The van der Waals surface area contributed by atoms with Gasteiger partial charge in [-0.15, -0.1) is 0 Å². The largest absolute Gasteiger partial charge is 0.357 e. The predicted octanol–water partition coefficient (Wildman–Crippen LogP) is 1.75. The molecule has 6 heteroatoms. The number of para-hydroxylation sites is 1. The van der Waals surface area contributed by atoms with E-state index in [9.17, 15) is 9.59 Å². The van der Waals surface area contributed by atoms with Crippen molar-refractivity contribution in [3.8, 4) is 0 Å². The van der Waals surface area contributed by atoms with Crippen molar-refractivity contribution in [3.63, 3.8) is 0 Å². The molecule has 1 aromatic carbocycles. The summed E-state index contributed by atoms with van der Waals surface area (Å²) in [5.74, 6) is 0.210. The van der Waals surface area contributed by atoms with Gasteiger partial charge in [0.2, 0.25) is 11.8 Å². The normalized spacial score (nSPS) is 21.9. The van der Waals surface area contributed by atoms with Gasteiger partial charge in [-0.25, -0.2) is 0 Å². The van der Waals surface area contributed by atoms with E-state index >= 15 is 0 Å². The summed E-state index contributed by atoms with van der Waals surface area (Å²) >= 11 is 0. The molecule has 142 valence electrons. The lowest BCUT2D eigenvalue weighted by molar-refractivity contribution is -0.139. The second-order valence-corrected chi connectivity index (χ2v) is 8.08. The van der Waals surface area contributed by atoms with Crippen molar-refractivity contribution in [1.29, 1.82) is 0 Å². The van der Waals surface area contributed by atoms with Crippen molar-refractivity contribution < 1.29 is 9.59 Å². The van der Waals surface area contributed by atoms with Gasteiger partial charge in [0.15, 0.2) is 0 Å². The topological polar surface area (TPSA) is 68.4 Å². The number of aromatic amines is 1. The molecule has 0 atom stereocenters. The van der Waals surface area contributed by atoms with E-state index in [1.54, 1.807) is 4.90 Å². The average molecular weight is 366 g/mol.